The van der Waals surface area contributed by atoms with E-state index < -0.39 is 0 Å². The van der Waals surface area contributed by atoms with Crippen molar-refractivity contribution in [1.82, 2.24) is 5.23 Å². The van der Waals surface area contributed by atoms with E-state index in [-0.39, 0.29) is 25.7 Å². The summed E-state index contributed by atoms with van der Waals surface area (Å²) in [6, 6.07) is 18.2. The highest BCUT2D eigenvalue weighted by molar-refractivity contribution is 9.12. The summed E-state index contributed by atoms with van der Waals surface area (Å²) in [5, 5.41) is 26.7. The maximum Gasteiger partial charge on any atom is 0.135 e. The number of halogens is 3. The lowest BCUT2D eigenvalue weighted by Crippen LogP contribution is -2.21. The van der Waals surface area contributed by atoms with Gasteiger partial charge in [0.2, 0.25) is 0 Å². The molecule has 0 fully saturated rings. The van der Waals surface area contributed by atoms with Gasteiger partial charge in [0.15, 0.2) is 0 Å². The third kappa shape index (κ3) is 5.15. The molecule has 0 aliphatic heterocycles. The van der Waals surface area contributed by atoms with E-state index in [2.05, 4.69) is 26.6 Å². The van der Waals surface area contributed by atoms with Gasteiger partial charge < -0.3 is 21.1 Å². The average Bonchev–Trinajstić information content (AvgIpc) is 2.56. The van der Waals surface area contributed by atoms with Gasteiger partial charge in [-0.3, -0.25) is 5.21 Å². The minimum Gasteiger partial charge on any atom is -0.733 e. The van der Waals surface area contributed by atoms with Crippen LogP contribution in [0.3, 0.4) is 0 Å². The second-order valence-corrected chi connectivity index (χ2v) is 6.56. The third-order valence-corrected chi connectivity index (χ3v) is 4.17. The number of hydrogen-bond acceptors (Lipinski definition) is 5. The Morgan fingerprint density at radius 2 is 1.33 bits per heavy atom. The molecule has 0 aliphatic rings. The van der Waals surface area contributed by atoms with Crippen molar-refractivity contribution in [2.45, 2.75) is 0 Å². The van der Waals surface area contributed by atoms with Gasteiger partial charge in [-0.2, -0.15) is 0 Å². The summed E-state index contributed by atoms with van der Waals surface area (Å²) in [5.41, 5.74) is 1.10. The highest BCUT2D eigenvalue weighted by Gasteiger charge is 2.16. The molecule has 2 rings (SSSR count). The second-order valence-electron chi connectivity index (χ2n) is 4.55. The fourth-order valence-electron chi connectivity index (χ4n) is 1.86. The Morgan fingerprint density at radius 3 is 1.67 bits per heavy atom. The van der Waals surface area contributed by atoms with Crippen LogP contribution in [-0.2, 0) is 0 Å². The van der Waals surface area contributed by atoms with E-state index in [9.17, 15) is 10.4 Å². The van der Waals surface area contributed by atoms with Crippen LogP contribution in [0, 0.1) is 5.21 Å². The standard InChI is InChI=1S/C16H13BrCl2N3O2/c17-15(19)13(18)14(22(23)24)16(20-11-7-3-1-4-8-11)21-12-9-5-2-6-10-12/h1-10,20-21,23H/q-1/b15-13+. The maximum absolute atomic E-state index is 11.6. The molecule has 126 valence electrons. The minimum atomic E-state index is -0.354. The van der Waals surface area contributed by atoms with E-state index in [1.165, 1.54) is 0 Å². The number of hydrogen-bond donors (Lipinski definition) is 3. The van der Waals surface area contributed by atoms with Crippen LogP contribution in [0.5, 0.6) is 0 Å². The van der Waals surface area contributed by atoms with Gasteiger partial charge in [0.05, 0.1) is 5.03 Å². The first-order valence-electron chi connectivity index (χ1n) is 6.74. The number of benzene rings is 2. The zero-order valence-corrected chi connectivity index (χ0v) is 15.3. The minimum absolute atomic E-state index is 0.0173. The van der Waals surface area contributed by atoms with Crippen LogP contribution in [0.1, 0.15) is 0 Å². The van der Waals surface area contributed by atoms with E-state index >= 15 is 0 Å². The number of allylic oxidation sites excluding steroid dienone is 1. The lowest BCUT2D eigenvalue weighted by Gasteiger charge is -2.28. The molecular formula is C16H13BrCl2N3O2-. The van der Waals surface area contributed by atoms with Gasteiger partial charge in [0.25, 0.3) is 0 Å². The number of nitrogens with one attached hydrogen (secondary N) is 2. The molecule has 8 heteroatoms. The number of hydroxylamine groups is 2. The largest absolute Gasteiger partial charge is 0.733 e. The molecule has 2 aromatic rings. The predicted octanol–water partition coefficient (Wildman–Crippen LogP) is 5.61. The van der Waals surface area contributed by atoms with Crippen LogP contribution >= 0.6 is 39.1 Å². The molecule has 3 N–H and O–H groups in total. The van der Waals surface area contributed by atoms with E-state index in [0.29, 0.717) is 11.4 Å². The van der Waals surface area contributed by atoms with Crippen molar-refractivity contribution in [3.05, 3.63) is 86.4 Å². The number of anilines is 2. The quantitative estimate of drug-likeness (QED) is 0.411. The average molecular weight is 430 g/mol. The van der Waals surface area contributed by atoms with Crippen molar-refractivity contribution in [3.8, 4) is 0 Å². The highest BCUT2D eigenvalue weighted by atomic mass is 79.9. The van der Waals surface area contributed by atoms with Crippen LogP contribution in [0.4, 0.5) is 11.4 Å². The zero-order chi connectivity index (χ0) is 17.5. The summed E-state index contributed by atoms with van der Waals surface area (Å²) in [6.45, 7) is 0. The summed E-state index contributed by atoms with van der Waals surface area (Å²) >= 11 is 14.9. The summed E-state index contributed by atoms with van der Waals surface area (Å²) < 4.78 is -0.0173. The van der Waals surface area contributed by atoms with Crippen LogP contribution in [-0.4, -0.2) is 10.4 Å². The van der Waals surface area contributed by atoms with Gasteiger partial charge in [-0.05, 0) is 40.2 Å². The zero-order valence-electron chi connectivity index (χ0n) is 12.2. The van der Waals surface area contributed by atoms with Gasteiger partial charge in [-0.25, -0.2) is 0 Å². The van der Waals surface area contributed by atoms with Crippen molar-refractivity contribution < 1.29 is 5.21 Å². The van der Waals surface area contributed by atoms with Gasteiger partial charge in [0.1, 0.15) is 15.5 Å². The first-order valence-corrected chi connectivity index (χ1v) is 8.29. The van der Waals surface area contributed by atoms with Gasteiger partial charge >= 0.3 is 0 Å². The summed E-state index contributed by atoms with van der Waals surface area (Å²) in [6.07, 6.45) is 0. The molecule has 0 amide bonds. The Morgan fingerprint density at radius 1 is 0.917 bits per heavy atom. The molecule has 0 unspecified atom stereocenters. The molecule has 0 spiro atoms. The highest BCUT2D eigenvalue weighted by Crippen LogP contribution is 2.30. The number of rotatable bonds is 6. The van der Waals surface area contributed by atoms with Crippen LogP contribution in [0.25, 0.3) is 0 Å². The van der Waals surface area contributed by atoms with Crippen molar-refractivity contribution in [3.63, 3.8) is 0 Å². The number of nitrogens with zero attached hydrogens (tertiary/aromatic N) is 1. The normalized spacial score (nSPS) is 11.4. The molecule has 0 heterocycles. The summed E-state index contributed by atoms with van der Waals surface area (Å²) in [7, 11) is 0. The summed E-state index contributed by atoms with van der Waals surface area (Å²) in [4.78, 5) is 0. The maximum atomic E-state index is 11.6. The molecule has 2 aromatic carbocycles. The molecule has 0 atom stereocenters. The van der Waals surface area contributed by atoms with E-state index in [0.717, 1.165) is 0 Å². The van der Waals surface area contributed by atoms with Crippen molar-refractivity contribution >= 4 is 50.5 Å². The molecule has 0 radical (unpaired) electrons. The monoisotopic (exact) mass is 428 g/mol. The first-order chi connectivity index (χ1) is 11.5. The summed E-state index contributed by atoms with van der Waals surface area (Å²) in [5.74, 6) is 0.160. The van der Waals surface area contributed by atoms with Crippen LogP contribution < -0.4 is 10.6 Å². The third-order valence-electron chi connectivity index (χ3n) is 2.89. The fourth-order valence-corrected chi connectivity index (χ4v) is 2.30. The topological polar surface area (TPSA) is 70.6 Å². The Balaban J connectivity index is 2.50. The van der Waals surface area contributed by atoms with E-state index in [4.69, 9.17) is 23.2 Å². The Labute approximate surface area is 157 Å². The Kier molecular flexibility index (Phi) is 6.96. The molecule has 0 aliphatic carbocycles. The molecule has 24 heavy (non-hydrogen) atoms. The fraction of sp³-hybridized carbons (Fsp3) is 0. The van der Waals surface area contributed by atoms with Gasteiger partial charge in [-0.15, -0.1) is 0 Å². The van der Waals surface area contributed by atoms with Crippen LogP contribution in [0.2, 0.25) is 0 Å². The van der Waals surface area contributed by atoms with Crippen LogP contribution in [0.15, 0.2) is 81.2 Å². The molecule has 0 aromatic heterocycles. The molecule has 0 saturated heterocycles. The van der Waals surface area contributed by atoms with Crippen molar-refractivity contribution in [2.24, 2.45) is 0 Å². The van der Waals surface area contributed by atoms with Gasteiger partial charge in [0, 0.05) is 11.4 Å². The van der Waals surface area contributed by atoms with Gasteiger partial charge in [-0.1, -0.05) is 59.6 Å². The SMILES string of the molecule is [O-]N(O)C(=C(Nc1ccccc1)Nc1ccccc1)/C(Cl)=C(\Cl)Br. The lowest BCUT2D eigenvalue weighted by molar-refractivity contribution is -0.000522. The van der Waals surface area contributed by atoms with Crippen molar-refractivity contribution in [2.75, 3.05) is 10.6 Å². The molecule has 0 saturated carbocycles. The van der Waals surface area contributed by atoms with E-state index in [1.807, 2.05) is 36.4 Å². The second kappa shape index (κ2) is 8.96. The molecule has 5 nitrogen and oxygen atoms in total. The van der Waals surface area contributed by atoms with E-state index in [1.54, 1.807) is 24.3 Å². The molecule has 0 bridgehead atoms. The lowest BCUT2D eigenvalue weighted by atomic mass is 10.3. The van der Waals surface area contributed by atoms with Crippen molar-refractivity contribution in [1.29, 1.82) is 0 Å². The Bertz CT molecular complexity index is 690. The first kappa shape index (κ1) is 18.6. The number of para-hydroxylation sites is 2. The smallest absolute Gasteiger partial charge is 0.135 e. The molecular weight excluding hydrogens is 417 g/mol. The Hall–Kier alpha value is -1.70. The predicted molar refractivity (Wildman–Crippen MR) is 102 cm³/mol.